The van der Waals surface area contributed by atoms with Crippen molar-refractivity contribution in [2.45, 2.75) is 50.8 Å². The average Bonchev–Trinajstić information content (AvgIpc) is 2.90. The number of methoxy groups -OCH3 is 1. The largest absolute Gasteiger partial charge is 0.495 e. The van der Waals surface area contributed by atoms with E-state index in [-0.39, 0.29) is 22.4 Å². The Kier molecular flexibility index (Phi) is 6.59. The Morgan fingerprint density at radius 2 is 1.93 bits per heavy atom. The molecule has 1 aliphatic heterocycles. The minimum absolute atomic E-state index is 0.108. The van der Waals surface area contributed by atoms with Gasteiger partial charge < -0.3 is 9.26 Å². The van der Waals surface area contributed by atoms with Gasteiger partial charge in [0.05, 0.1) is 18.4 Å². The van der Waals surface area contributed by atoms with Crippen molar-refractivity contribution < 1.29 is 22.5 Å². The van der Waals surface area contributed by atoms with Crippen LogP contribution in [0.25, 0.3) is 11.1 Å². The van der Waals surface area contributed by atoms with Gasteiger partial charge in [0.2, 0.25) is 21.8 Å². The van der Waals surface area contributed by atoms with Crippen molar-refractivity contribution in [3.05, 3.63) is 23.9 Å². The maximum absolute atomic E-state index is 13.4. The van der Waals surface area contributed by atoms with Crippen LogP contribution in [0.15, 0.2) is 27.6 Å². The van der Waals surface area contributed by atoms with Crippen molar-refractivity contribution in [1.82, 2.24) is 9.46 Å². The summed E-state index contributed by atoms with van der Waals surface area (Å²) < 4.78 is 39.0. The summed E-state index contributed by atoms with van der Waals surface area (Å²) in [4.78, 5) is 11.6. The summed E-state index contributed by atoms with van der Waals surface area (Å²) in [6, 6.07) is 4.96. The van der Waals surface area contributed by atoms with Gasteiger partial charge in [-0.3, -0.25) is 10.1 Å². The summed E-state index contributed by atoms with van der Waals surface area (Å²) in [5.74, 6) is 0.196. The number of anilines is 1. The van der Waals surface area contributed by atoms with Crippen LogP contribution in [0.5, 0.6) is 5.75 Å². The highest BCUT2D eigenvalue weighted by Crippen LogP contribution is 2.37. The minimum atomic E-state index is -3.73. The number of hydrogen-bond acceptors (Lipinski definition) is 6. The van der Waals surface area contributed by atoms with Crippen LogP contribution >= 0.6 is 0 Å². The average molecular weight is 422 g/mol. The van der Waals surface area contributed by atoms with E-state index in [1.165, 1.54) is 18.3 Å². The molecule has 3 rings (SSSR count). The maximum atomic E-state index is 13.4. The predicted molar refractivity (Wildman–Crippen MR) is 109 cm³/mol. The van der Waals surface area contributed by atoms with Gasteiger partial charge in [-0.2, -0.15) is 4.31 Å². The molecule has 1 aliphatic rings. The number of nitrogens with zero attached hydrogens (tertiary/aromatic N) is 2. The van der Waals surface area contributed by atoms with Crippen molar-refractivity contribution >= 4 is 21.8 Å². The van der Waals surface area contributed by atoms with Crippen molar-refractivity contribution in [1.29, 1.82) is 0 Å². The summed E-state index contributed by atoms with van der Waals surface area (Å²) >= 11 is 0. The van der Waals surface area contributed by atoms with Gasteiger partial charge >= 0.3 is 0 Å². The summed E-state index contributed by atoms with van der Waals surface area (Å²) in [5, 5.41) is 6.65. The van der Waals surface area contributed by atoms with Crippen LogP contribution in [0.3, 0.4) is 0 Å². The van der Waals surface area contributed by atoms with Gasteiger partial charge in [0.25, 0.3) is 0 Å². The molecule has 2 heterocycles. The molecule has 0 bridgehead atoms. The molecule has 1 saturated heterocycles. The van der Waals surface area contributed by atoms with E-state index in [9.17, 15) is 13.2 Å². The Morgan fingerprint density at radius 1 is 1.24 bits per heavy atom. The van der Waals surface area contributed by atoms with Crippen LogP contribution in [0.2, 0.25) is 0 Å². The van der Waals surface area contributed by atoms with E-state index in [2.05, 4.69) is 10.5 Å². The molecule has 158 valence electrons. The van der Waals surface area contributed by atoms with E-state index in [0.717, 1.165) is 25.7 Å². The van der Waals surface area contributed by atoms with E-state index in [4.69, 9.17) is 9.26 Å². The Bertz CT molecular complexity index is 976. The molecule has 9 heteroatoms. The third-order valence-corrected chi connectivity index (χ3v) is 6.94. The number of aryl methyl sites for hydroxylation is 1. The highest BCUT2D eigenvalue weighted by atomic mass is 32.2. The lowest BCUT2D eigenvalue weighted by Crippen LogP contribution is -2.32. The molecule has 29 heavy (non-hydrogen) atoms. The third kappa shape index (κ3) is 4.45. The quantitative estimate of drug-likeness (QED) is 0.767. The summed E-state index contributed by atoms with van der Waals surface area (Å²) in [5.41, 5.74) is 1.82. The Hall–Kier alpha value is -2.39. The summed E-state index contributed by atoms with van der Waals surface area (Å²) in [7, 11) is -2.27. The van der Waals surface area contributed by atoms with E-state index in [1.54, 1.807) is 18.2 Å². The fourth-order valence-electron chi connectivity index (χ4n) is 3.56. The van der Waals surface area contributed by atoms with Gasteiger partial charge in [0.15, 0.2) is 0 Å². The standard InChI is InChI=1S/C20H27N3O5S/c1-4-16-19(20(28-22-16)21-14(2)24)15-9-10-17(27-3)18(13-15)29(25,26)23-11-7-5-6-8-12-23/h9-10,13H,4-8,11-12H2,1-3H3,(H,21,24). The molecule has 1 amide bonds. The van der Waals surface area contributed by atoms with Crippen molar-refractivity contribution in [2.24, 2.45) is 0 Å². The Balaban J connectivity index is 2.11. The van der Waals surface area contributed by atoms with Gasteiger partial charge in [-0.25, -0.2) is 8.42 Å². The topological polar surface area (TPSA) is 102 Å². The number of carbonyl (C=O) groups excluding carboxylic acids is 1. The molecular weight excluding hydrogens is 394 g/mol. The molecule has 1 N–H and O–H groups in total. The molecule has 0 saturated carbocycles. The zero-order valence-electron chi connectivity index (χ0n) is 17.0. The predicted octanol–water partition coefficient (Wildman–Crippen LogP) is 3.44. The van der Waals surface area contributed by atoms with Crippen molar-refractivity contribution in [3.8, 4) is 16.9 Å². The van der Waals surface area contributed by atoms with Crippen molar-refractivity contribution in [3.63, 3.8) is 0 Å². The number of nitrogens with one attached hydrogen (secondary N) is 1. The van der Waals surface area contributed by atoms with Crippen LogP contribution in [-0.2, 0) is 21.2 Å². The first-order valence-corrected chi connectivity index (χ1v) is 11.3. The lowest BCUT2D eigenvalue weighted by Gasteiger charge is -2.21. The van der Waals surface area contributed by atoms with Crippen LogP contribution in [-0.4, -0.2) is 44.0 Å². The van der Waals surface area contributed by atoms with Crippen LogP contribution < -0.4 is 10.1 Å². The van der Waals surface area contributed by atoms with Gasteiger partial charge in [0, 0.05) is 20.0 Å². The van der Waals surface area contributed by atoms with Crippen molar-refractivity contribution in [2.75, 3.05) is 25.5 Å². The van der Waals surface area contributed by atoms with Gasteiger partial charge in [-0.1, -0.05) is 31.0 Å². The van der Waals surface area contributed by atoms with E-state index in [0.29, 0.717) is 36.3 Å². The zero-order valence-corrected chi connectivity index (χ0v) is 17.8. The molecule has 1 aromatic heterocycles. The molecule has 0 unspecified atom stereocenters. The molecule has 0 radical (unpaired) electrons. The zero-order chi connectivity index (χ0) is 21.0. The third-order valence-electron chi connectivity index (χ3n) is 5.02. The lowest BCUT2D eigenvalue weighted by molar-refractivity contribution is -0.114. The molecule has 0 aliphatic carbocycles. The second-order valence-corrected chi connectivity index (χ2v) is 8.96. The fraction of sp³-hybridized carbons (Fsp3) is 0.500. The number of rotatable bonds is 6. The number of hydrogen-bond donors (Lipinski definition) is 1. The number of sulfonamides is 1. The monoisotopic (exact) mass is 421 g/mol. The number of ether oxygens (including phenoxy) is 1. The Morgan fingerprint density at radius 3 is 2.52 bits per heavy atom. The maximum Gasteiger partial charge on any atom is 0.246 e. The summed E-state index contributed by atoms with van der Waals surface area (Å²) in [6.07, 6.45) is 4.32. The molecule has 8 nitrogen and oxygen atoms in total. The molecule has 1 fully saturated rings. The van der Waals surface area contributed by atoms with Crippen LogP contribution in [0.1, 0.15) is 45.2 Å². The molecule has 0 spiro atoms. The second-order valence-electron chi connectivity index (χ2n) is 7.05. The molecule has 2 aromatic rings. The van der Waals surface area contributed by atoms with E-state index in [1.807, 2.05) is 6.92 Å². The fourth-order valence-corrected chi connectivity index (χ4v) is 5.26. The lowest BCUT2D eigenvalue weighted by atomic mass is 10.0. The van der Waals surface area contributed by atoms with E-state index < -0.39 is 10.0 Å². The highest BCUT2D eigenvalue weighted by Gasteiger charge is 2.29. The molecule has 0 atom stereocenters. The van der Waals surface area contributed by atoms with Gasteiger partial charge in [0.1, 0.15) is 10.6 Å². The van der Waals surface area contributed by atoms with E-state index >= 15 is 0 Å². The molecule has 1 aromatic carbocycles. The first-order valence-electron chi connectivity index (χ1n) is 9.83. The van der Waals surface area contributed by atoms with Gasteiger partial charge in [-0.15, -0.1) is 0 Å². The minimum Gasteiger partial charge on any atom is -0.495 e. The first-order chi connectivity index (χ1) is 13.9. The highest BCUT2D eigenvalue weighted by molar-refractivity contribution is 7.89. The van der Waals surface area contributed by atoms with Crippen LogP contribution in [0, 0.1) is 0 Å². The smallest absolute Gasteiger partial charge is 0.246 e. The number of aromatic nitrogens is 1. The SMILES string of the molecule is CCc1noc(NC(C)=O)c1-c1ccc(OC)c(S(=O)(=O)N2CCCCCC2)c1. The number of carbonyl (C=O) groups is 1. The number of amides is 1. The Labute approximate surface area is 171 Å². The van der Waals surface area contributed by atoms with Crippen LogP contribution in [0.4, 0.5) is 5.88 Å². The normalized spacial score (nSPS) is 15.7. The summed E-state index contributed by atoms with van der Waals surface area (Å²) in [6.45, 7) is 4.29. The van der Waals surface area contributed by atoms with Gasteiger partial charge in [-0.05, 0) is 37.0 Å². The first kappa shape index (κ1) is 21.3. The number of benzene rings is 1. The second kappa shape index (κ2) is 8.96. The molecular formula is C20H27N3O5S.